The molecule has 1 heterocycles. The Morgan fingerprint density at radius 3 is 2.77 bits per heavy atom. The molecule has 0 fully saturated rings. The van der Waals surface area contributed by atoms with Gasteiger partial charge in [0, 0.05) is 30.9 Å². The van der Waals surface area contributed by atoms with E-state index in [2.05, 4.69) is 10.4 Å². The smallest absolute Gasteiger partial charge is 0.270 e. The van der Waals surface area contributed by atoms with Crippen LogP contribution in [-0.4, -0.2) is 21.2 Å². The number of nitriles is 1. The molecule has 7 nitrogen and oxygen atoms in total. The van der Waals surface area contributed by atoms with Crippen LogP contribution >= 0.6 is 0 Å². The average molecular weight is 299 g/mol. The van der Waals surface area contributed by atoms with E-state index in [4.69, 9.17) is 5.26 Å². The molecule has 0 saturated heterocycles. The highest BCUT2D eigenvalue weighted by Crippen LogP contribution is 2.21. The van der Waals surface area contributed by atoms with Crippen molar-refractivity contribution in [3.63, 3.8) is 0 Å². The van der Waals surface area contributed by atoms with Gasteiger partial charge >= 0.3 is 0 Å². The van der Waals surface area contributed by atoms with Gasteiger partial charge in [-0.2, -0.15) is 10.4 Å². The number of aryl methyl sites for hydroxylation is 3. The SMILES string of the molecule is Cc1cc(C)n(CCCNc2ccc([N+](=O)[O-])cc2C#N)n1. The van der Waals surface area contributed by atoms with Gasteiger partial charge in [0.1, 0.15) is 6.07 Å². The Kier molecular flexibility index (Phi) is 4.73. The highest BCUT2D eigenvalue weighted by molar-refractivity contribution is 5.61. The lowest BCUT2D eigenvalue weighted by molar-refractivity contribution is -0.384. The fourth-order valence-electron chi connectivity index (χ4n) is 2.25. The summed E-state index contributed by atoms with van der Waals surface area (Å²) >= 11 is 0. The van der Waals surface area contributed by atoms with Gasteiger partial charge in [-0.1, -0.05) is 0 Å². The van der Waals surface area contributed by atoms with Crippen LogP contribution in [0.15, 0.2) is 24.3 Å². The van der Waals surface area contributed by atoms with E-state index in [1.54, 1.807) is 6.07 Å². The molecule has 0 spiro atoms. The maximum atomic E-state index is 10.7. The Hall–Kier alpha value is -2.88. The summed E-state index contributed by atoms with van der Waals surface area (Å²) in [7, 11) is 0. The molecule has 0 aliphatic carbocycles. The first-order valence-electron chi connectivity index (χ1n) is 6.94. The van der Waals surface area contributed by atoms with Crippen LogP contribution in [-0.2, 0) is 6.54 Å². The second-order valence-corrected chi connectivity index (χ2v) is 5.03. The topological polar surface area (TPSA) is 96.8 Å². The van der Waals surface area contributed by atoms with Crippen molar-refractivity contribution >= 4 is 11.4 Å². The minimum atomic E-state index is -0.507. The number of non-ortho nitro benzene ring substituents is 1. The summed E-state index contributed by atoms with van der Waals surface area (Å²) in [5.74, 6) is 0. The summed E-state index contributed by atoms with van der Waals surface area (Å²) in [6.45, 7) is 5.40. The van der Waals surface area contributed by atoms with Crippen LogP contribution in [0, 0.1) is 35.3 Å². The third-order valence-corrected chi connectivity index (χ3v) is 3.30. The molecule has 0 radical (unpaired) electrons. The monoisotopic (exact) mass is 299 g/mol. The quantitative estimate of drug-likeness (QED) is 0.502. The molecule has 1 aromatic carbocycles. The summed E-state index contributed by atoms with van der Waals surface area (Å²) in [4.78, 5) is 10.2. The number of nitro benzene ring substituents is 1. The molecule has 0 aliphatic rings. The highest BCUT2D eigenvalue weighted by atomic mass is 16.6. The summed E-state index contributed by atoms with van der Waals surface area (Å²) in [5.41, 5.74) is 2.92. The number of nitro groups is 1. The zero-order valence-electron chi connectivity index (χ0n) is 12.5. The number of nitrogens with zero attached hydrogens (tertiary/aromatic N) is 4. The first-order valence-corrected chi connectivity index (χ1v) is 6.94. The second-order valence-electron chi connectivity index (χ2n) is 5.03. The van der Waals surface area contributed by atoms with Crippen LogP contribution in [0.1, 0.15) is 23.4 Å². The van der Waals surface area contributed by atoms with Gasteiger partial charge in [-0.3, -0.25) is 14.8 Å². The van der Waals surface area contributed by atoms with E-state index in [0.29, 0.717) is 12.2 Å². The van der Waals surface area contributed by atoms with Crippen molar-refractivity contribution in [2.75, 3.05) is 11.9 Å². The van der Waals surface area contributed by atoms with Crippen LogP contribution in [0.3, 0.4) is 0 Å². The normalized spacial score (nSPS) is 10.2. The van der Waals surface area contributed by atoms with Crippen molar-refractivity contribution in [2.24, 2.45) is 0 Å². The van der Waals surface area contributed by atoms with Crippen LogP contribution in [0.4, 0.5) is 11.4 Å². The number of rotatable bonds is 6. The molecule has 0 atom stereocenters. The van der Waals surface area contributed by atoms with E-state index < -0.39 is 4.92 Å². The van der Waals surface area contributed by atoms with Gasteiger partial charge in [0.05, 0.1) is 21.9 Å². The maximum absolute atomic E-state index is 10.7. The van der Waals surface area contributed by atoms with Crippen molar-refractivity contribution in [1.29, 1.82) is 5.26 Å². The van der Waals surface area contributed by atoms with Gasteiger partial charge in [0.15, 0.2) is 0 Å². The lowest BCUT2D eigenvalue weighted by Gasteiger charge is -2.09. The van der Waals surface area contributed by atoms with E-state index in [1.165, 1.54) is 12.1 Å². The zero-order valence-corrected chi connectivity index (χ0v) is 12.5. The lowest BCUT2D eigenvalue weighted by atomic mass is 10.1. The molecule has 2 rings (SSSR count). The largest absolute Gasteiger partial charge is 0.384 e. The Bertz CT molecular complexity index is 730. The molecule has 22 heavy (non-hydrogen) atoms. The van der Waals surface area contributed by atoms with Gasteiger partial charge < -0.3 is 5.32 Å². The molecular weight excluding hydrogens is 282 g/mol. The summed E-state index contributed by atoms with van der Waals surface area (Å²) in [5, 5.41) is 27.3. The lowest BCUT2D eigenvalue weighted by Crippen LogP contribution is -2.09. The summed E-state index contributed by atoms with van der Waals surface area (Å²) in [6, 6.07) is 8.25. The van der Waals surface area contributed by atoms with E-state index in [9.17, 15) is 10.1 Å². The van der Waals surface area contributed by atoms with Crippen molar-refractivity contribution in [3.8, 4) is 6.07 Å². The van der Waals surface area contributed by atoms with Crippen LogP contribution in [0.25, 0.3) is 0 Å². The molecule has 1 aromatic heterocycles. The van der Waals surface area contributed by atoms with Gasteiger partial charge in [-0.15, -0.1) is 0 Å². The average Bonchev–Trinajstić information content (AvgIpc) is 2.81. The van der Waals surface area contributed by atoms with Crippen molar-refractivity contribution in [1.82, 2.24) is 9.78 Å². The number of anilines is 1. The van der Waals surface area contributed by atoms with Crippen LogP contribution in [0.2, 0.25) is 0 Å². The molecule has 0 saturated carbocycles. The van der Waals surface area contributed by atoms with Crippen molar-refractivity contribution < 1.29 is 4.92 Å². The van der Waals surface area contributed by atoms with Gasteiger partial charge in [0.25, 0.3) is 5.69 Å². The summed E-state index contributed by atoms with van der Waals surface area (Å²) in [6.07, 6.45) is 0.837. The third kappa shape index (κ3) is 3.61. The fourth-order valence-corrected chi connectivity index (χ4v) is 2.25. The number of hydrogen-bond acceptors (Lipinski definition) is 5. The van der Waals surface area contributed by atoms with Crippen LogP contribution < -0.4 is 5.32 Å². The molecule has 2 aromatic rings. The van der Waals surface area contributed by atoms with E-state index in [0.717, 1.165) is 24.4 Å². The molecule has 0 amide bonds. The number of hydrogen-bond donors (Lipinski definition) is 1. The third-order valence-electron chi connectivity index (χ3n) is 3.30. The zero-order chi connectivity index (χ0) is 16.1. The first-order chi connectivity index (χ1) is 10.5. The predicted octanol–water partition coefficient (Wildman–Crippen LogP) is 2.78. The van der Waals surface area contributed by atoms with Gasteiger partial charge in [-0.05, 0) is 32.4 Å². The predicted molar refractivity (Wildman–Crippen MR) is 82.6 cm³/mol. The summed E-state index contributed by atoms with van der Waals surface area (Å²) < 4.78 is 1.94. The van der Waals surface area contributed by atoms with E-state index in [1.807, 2.05) is 30.7 Å². The first kappa shape index (κ1) is 15.5. The highest BCUT2D eigenvalue weighted by Gasteiger charge is 2.10. The maximum Gasteiger partial charge on any atom is 0.270 e. The Balaban J connectivity index is 1.93. The minimum absolute atomic E-state index is 0.0789. The second kappa shape index (κ2) is 6.72. The molecule has 7 heteroatoms. The Morgan fingerprint density at radius 1 is 1.41 bits per heavy atom. The molecule has 0 unspecified atom stereocenters. The Labute approximate surface area is 128 Å². The van der Waals surface area contributed by atoms with Gasteiger partial charge in [-0.25, -0.2) is 0 Å². The molecule has 0 bridgehead atoms. The molecule has 1 N–H and O–H groups in total. The van der Waals surface area contributed by atoms with E-state index >= 15 is 0 Å². The van der Waals surface area contributed by atoms with Crippen molar-refractivity contribution in [3.05, 3.63) is 51.3 Å². The number of aromatic nitrogens is 2. The van der Waals surface area contributed by atoms with Crippen molar-refractivity contribution in [2.45, 2.75) is 26.8 Å². The minimum Gasteiger partial charge on any atom is -0.384 e. The molecule has 114 valence electrons. The number of nitrogens with one attached hydrogen (secondary N) is 1. The molecule has 0 aliphatic heterocycles. The fraction of sp³-hybridized carbons (Fsp3) is 0.333. The van der Waals surface area contributed by atoms with Crippen LogP contribution in [0.5, 0.6) is 0 Å². The standard InChI is InChI=1S/C15H17N5O2/c1-11-8-12(2)19(18-11)7-3-6-17-15-5-4-14(20(21)22)9-13(15)10-16/h4-5,8-9,17H,3,6-7H2,1-2H3. The molecular formula is C15H17N5O2. The number of benzene rings is 1. The Morgan fingerprint density at radius 2 is 2.18 bits per heavy atom. The van der Waals surface area contributed by atoms with E-state index in [-0.39, 0.29) is 11.3 Å². The van der Waals surface area contributed by atoms with Gasteiger partial charge in [0.2, 0.25) is 0 Å².